The first-order chi connectivity index (χ1) is 12.7. The predicted octanol–water partition coefficient (Wildman–Crippen LogP) is 4.92. The molecular weight excluding hydrogens is 409 g/mol. The Balaban J connectivity index is -0.0000000751. The molecule has 3 rings (SSSR count). The van der Waals surface area contributed by atoms with E-state index < -0.39 is 0 Å². The van der Waals surface area contributed by atoms with Gasteiger partial charge in [-0.3, -0.25) is 6.04 Å². The summed E-state index contributed by atoms with van der Waals surface area (Å²) in [6.07, 6.45) is 8.30. The number of nitrogens with zero attached hydrogens (tertiary/aromatic N) is 1. The molecule has 0 saturated carbocycles. The van der Waals surface area contributed by atoms with E-state index >= 15 is 0 Å². The molecule has 0 aromatic rings. The molecule has 27 heavy (non-hydrogen) atoms. The zero-order chi connectivity index (χ0) is 21.1. The van der Waals surface area contributed by atoms with Crippen molar-refractivity contribution in [1.82, 2.24) is 20.9 Å². The third kappa shape index (κ3) is 34.8. The summed E-state index contributed by atoms with van der Waals surface area (Å²) in [5.41, 5.74) is 0. The molecule has 0 aromatic heterocycles. The first-order valence-corrected chi connectivity index (χ1v) is 11.2. The van der Waals surface area contributed by atoms with Crippen LogP contribution >= 0.6 is 0 Å². The molecule has 1 radical (unpaired) electrons. The first-order valence-electron chi connectivity index (χ1n) is 11.2. The monoisotopic (exact) mass is 464 g/mol. The fourth-order valence-corrected chi connectivity index (χ4v) is 1.99. The molecule has 3 aliphatic rings. The number of rotatable bonds is 1. The molecule has 0 unspecified atom stereocenters. The Kier molecular flexibility index (Phi) is 59.0. The van der Waals surface area contributed by atoms with Crippen LogP contribution in [0.25, 0.3) is 0 Å². The Bertz CT molecular complexity index is 163. The Morgan fingerprint density at radius 2 is 1.07 bits per heavy atom. The van der Waals surface area contributed by atoms with Gasteiger partial charge in [-0.05, 0) is 60.3 Å². The largest absolute Gasteiger partial charge is 0.454 e. The van der Waals surface area contributed by atoms with Crippen molar-refractivity contribution >= 4 is 0 Å². The molecule has 3 aliphatic heterocycles. The van der Waals surface area contributed by atoms with Gasteiger partial charge in [0.25, 0.3) is 0 Å². The minimum absolute atomic E-state index is 0. The number of nitrogens with one attached hydrogen (secondary N) is 3. The van der Waals surface area contributed by atoms with Crippen molar-refractivity contribution in [2.75, 3.05) is 53.9 Å². The molecule has 167 valence electrons. The van der Waals surface area contributed by atoms with Crippen LogP contribution in [0.4, 0.5) is 0 Å². The second-order valence-electron chi connectivity index (χ2n) is 5.78. The van der Waals surface area contributed by atoms with Crippen molar-refractivity contribution in [3.05, 3.63) is 6.04 Å². The number of hydrogen-bond donors (Lipinski definition) is 3. The Hall–Kier alpha value is 0.944. The zero-order valence-corrected chi connectivity index (χ0v) is 23.6. The third-order valence-electron chi connectivity index (χ3n) is 3.29. The van der Waals surface area contributed by atoms with Crippen LogP contribution in [-0.4, -0.2) is 58.8 Å². The van der Waals surface area contributed by atoms with Gasteiger partial charge in [-0.1, -0.05) is 67.7 Å². The van der Waals surface area contributed by atoms with E-state index in [9.17, 15) is 0 Å². The maximum Gasteiger partial charge on any atom is 0 e. The molecule has 0 amide bonds. The van der Waals surface area contributed by atoms with E-state index in [2.05, 4.69) is 41.6 Å². The number of hydrogen-bond acceptors (Lipinski definition) is 4. The van der Waals surface area contributed by atoms with Gasteiger partial charge in [0.2, 0.25) is 0 Å². The Morgan fingerprint density at radius 3 is 1.22 bits per heavy atom. The van der Waals surface area contributed by atoms with Crippen molar-refractivity contribution in [3.63, 3.8) is 0 Å². The van der Waals surface area contributed by atoms with Gasteiger partial charge in [-0.25, -0.2) is 0 Å². The van der Waals surface area contributed by atoms with Crippen molar-refractivity contribution in [1.29, 1.82) is 0 Å². The summed E-state index contributed by atoms with van der Waals surface area (Å²) in [5, 5.41) is 8.79. The molecular formula is C22H55N4Y-. The van der Waals surface area contributed by atoms with Gasteiger partial charge in [0, 0.05) is 32.7 Å². The molecule has 0 spiro atoms. The molecule has 0 bridgehead atoms. The third-order valence-corrected chi connectivity index (χ3v) is 3.29. The quantitative estimate of drug-likeness (QED) is 0.482. The van der Waals surface area contributed by atoms with Crippen LogP contribution in [-0.2, 0) is 32.7 Å². The fraction of sp³-hybridized carbons (Fsp3) is 0.955. The van der Waals surface area contributed by atoms with Crippen LogP contribution in [0.2, 0.25) is 0 Å². The van der Waals surface area contributed by atoms with Gasteiger partial charge in [-0.15, -0.1) is 0 Å². The average Bonchev–Trinajstić information content (AvgIpc) is 3.23. The van der Waals surface area contributed by atoms with Gasteiger partial charge in [0.1, 0.15) is 0 Å². The average molecular weight is 465 g/mol. The van der Waals surface area contributed by atoms with Crippen molar-refractivity contribution in [2.24, 2.45) is 0 Å². The van der Waals surface area contributed by atoms with E-state index in [4.69, 9.17) is 0 Å². The molecule has 3 N–H and O–H groups in total. The molecule has 0 aromatic carbocycles. The van der Waals surface area contributed by atoms with Gasteiger partial charge < -0.3 is 20.9 Å². The van der Waals surface area contributed by atoms with Crippen LogP contribution in [0.1, 0.15) is 87.0 Å². The summed E-state index contributed by atoms with van der Waals surface area (Å²) in [7, 11) is 5.68. The molecule has 0 aliphatic carbocycles. The van der Waals surface area contributed by atoms with Crippen molar-refractivity contribution < 1.29 is 32.7 Å². The van der Waals surface area contributed by atoms with Crippen molar-refractivity contribution in [3.8, 4) is 0 Å². The minimum Gasteiger partial charge on any atom is -0.454 e. The van der Waals surface area contributed by atoms with E-state index in [1.165, 1.54) is 64.7 Å². The summed E-state index contributed by atoms with van der Waals surface area (Å²) in [6.45, 7) is 20.6. The van der Waals surface area contributed by atoms with E-state index in [1.54, 1.807) is 6.04 Å². The molecule has 4 nitrogen and oxygen atoms in total. The van der Waals surface area contributed by atoms with Crippen LogP contribution < -0.4 is 16.0 Å². The van der Waals surface area contributed by atoms with Crippen LogP contribution in [0, 0.1) is 6.04 Å². The van der Waals surface area contributed by atoms with Gasteiger partial charge in [0.05, 0.1) is 0 Å². The molecule has 3 heterocycles. The summed E-state index contributed by atoms with van der Waals surface area (Å²) in [4.78, 5) is 2.56. The van der Waals surface area contributed by atoms with E-state index in [1.807, 2.05) is 48.8 Å². The van der Waals surface area contributed by atoms with Crippen LogP contribution in [0.15, 0.2) is 0 Å². The SMILES string of the molecule is C1CNC1.C1C[C-]2CCCN2C1.CC.CC.CCC.CCNC.CNC.[Y]. The minimum atomic E-state index is 0. The predicted molar refractivity (Wildman–Crippen MR) is 124 cm³/mol. The maximum atomic E-state index is 3.11. The molecule has 3 saturated heterocycles. The zero-order valence-electron chi connectivity index (χ0n) is 20.8. The van der Waals surface area contributed by atoms with E-state index in [0.717, 1.165) is 6.54 Å². The standard InChI is InChI=1S/C7H12N.C3H7N.C3H9N.C3H8.C2H7N.2C2H6.Y/c1-3-7-4-2-6-8(7)5-1;1-2-4-3-1;1-3-4-2;2*1-3-2;2*1-2;/h1-6H2;4H,1-3H2;4H,3H2,1-2H3;3H2,1-2H3;3H,1-2H3;2*1-2H3;/q-1;;;;;;;. The summed E-state index contributed by atoms with van der Waals surface area (Å²) in [6, 6.07) is 1.74. The Morgan fingerprint density at radius 1 is 0.815 bits per heavy atom. The maximum absolute atomic E-state index is 3.11. The summed E-state index contributed by atoms with van der Waals surface area (Å²) in [5.74, 6) is 0. The number of fused-ring (bicyclic) bond motifs is 1. The first kappa shape index (κ1) is 38.5. The van der Waals surface area contributed by atoms with E-state index in [0.29, 0.717) is 0 Å². The normalized spacial score (nSPS) is 15.8. The fourth-order valence-electron chi connectivity index (χ4n) is 1.99. The smallest absolute Gasteiger partial charge is 0 e. The topological polar surface area (TPSA) is 39.3 Å². The van der Waals surface area contributed by atoms with Gasteiger partial charge in [0.15, 0.2) is 0 Å². The van der Waals surface area contributed by atoms with E-state index in [-0.39, 0.29) is 32.7 Å². The van der Waals surface area contributed by atoms with Gasteiger partial charge >= 0.3 is 0 Å². The summed E-state index contributed by atoms with van der Waals surface area (Å²) < 4.78 is 0. The Labute approximate surface area is 199 Å². The molecule has 5 heteroatoms. The second kappa shape index (κ2) is 41.3. The second-order valence-corrected chi connectivity index (χ2v) is 5.78. The van der Waals surface area contributed by atoms with Crippen LogP contribution in [0.5, 0.6) is 0 Å². The molecule has 0 atom stereocenters. The van der Waals surface area contributed by atoms with Crippen LogP contribution in [0.3, 0.4) is 0 Å². The van der Waals surface area contributed by atoms with Crippen molar-refractivity contribution in [2.45, 2.75) is 87.0 Å². The van der Waals surface area contributed by atoms with Gasteiger partial charge in [-0.2, -0.15) is 12.8 Å². The molecule has 3 fully saturated rings. The summed E-state index contributed by atoms with van der Waals surface area (Å²) >= 11 is 0.